The summed E-state index contributed by atoms with van der Waals surface area (Å²) in [6, 6.07) is 27.5. The molecule has 0 saturated carbocycles. The van der Waals surface area contributed by atoms with E-state index in [1.165, 1.54) is 32.7 Å². The van der Waals surface area contributed by atoms with Gasteiger partial charge >= 0.3 is 198 Å². The van der Waals surface area contributed by atoms with Crippen LogP contribution in [0.25, 0.3) is 33.7 Å². The summed E-state index contributed by atoms with van der Waals surface area (Å²) in [5.74, 6) is 0. The number of benzene rings is 4. The van der Waals surface area contributed by atoms with E-state index < -0.39 is 22.8 Å². The first-order valence-electron chi connectivity index (χ1n) is 11.6. The number of allylic oxidation sites excluding steroid dienone is 2. The second kappa shape index (κ2) is 9.80. The quantitative estimate of drug-likeness (QED) is 0.347. The molecule has 0 bridgehead atoms. The van der Waals surface area contributed by atoms with Gasteiger partial charge in [-0.3, -0.25) is 0 Å². The second-order valence-corrected chi connectivity index (χ2v) is 22.0. The van der Waals surface area contributed by atoms with Crippen LogP contribution < -0.4 is 24.8 Å². The van der Waals surface area contributed by atoms with Crippen molar-refractivity contribution in [1.29, 1.82) is 0 Å². The molecule has 0 amide bonds. The Bertz CT molecular complexity index is 1420. The van der Waals surface area contributed by atoms with Crippen LogP contribution in [-0.4, -0.2) is 6.19 Å². The summed E-state index contributed by atoms with van der Waals surface area (Å²) in [5.41, 5.74) is 9.45. The third kappa shape index (κ3) is 3.87. The maximum Gasteiger partial charge on any atom is -1.00 e. The van der Waals surface area contributed by atoms with Gasteiger partial charge < -0.3 is 24.8 Å². The molecule has 4 aromatic rings. The number of halogens is 2. The Morgan fingerprint density at radius 1 is 0.588 bits per heavy atom. The van der Waals surface area contributed by atoms with Gasteiger partial charge in [0, 0.05) is 0 Å². The van der Waals surface area contributed by atoms with Gasteiger partial charge in [0.05, 0.1) is 0 Å². The van der Waals surface area contributed by atoms with Gasteiger partial charge in [-0.15, -0.1) is 0 Å². The zero-order chi connectivity index (χ0) is 22.0. The second-order valence-electron chi connectivity index (χ2n) is 9.68. The number of hydrogen-bond donors (Lipinski definition) is 0. The number of rotatable bonds is 2. The fourth-order valence-corrected chi connectivity index (χ4v) is 20.0. The van der Waals surface area contributed by atoms with Gasteiger partial charge in [0.2, 0.25) is 0 Å². The largest absolute Gasteiger partial charge is 1.00 e. The Kier molecular flexibility index (Phi) is 7.35. The molecule has 0 radical (unpaired) electrons. The fourth-order valence-electron chi connectivity index (χ4n) is 6.13. The molecule has 2 aliphatic rings. The topological polar surface area (TPSA) is 0 Å². The Morgan fingerprint density at radius 3 is 1.41 bits per heavy atom. The van der Waals surface area contributed by atoms with E-state index in [2.05, 4.69) is 112 Å². The first kappa shape index (κ1) is 25.5. The molecule has 0 nitrogen and oxygen atoms in total. The first-order chi connectivity index (χ1) is 15.5. The Balaban J connectivity index is 0.00000137. The summed E-state index contributed by atoms with van der Waals surface area (Å²) < 4.78 is 1.34. The van der Waals surface area contributed by atoms with Crippen LogP contribution in [0.1, 0.15) is 44.5 Å². The average molecular weight is 535 g/mol. The Morgan fingerprint density at radius 2 is 1.00 bits per heavy atom. The van der Waals surface area contributed by atoms with Crippen molar-refractivity contribution in [2.45, 2.75) is 35.4 Å². The molecule has 2 atom stereocenters. The van der Waals surface area contributed by atoms with E-state index >= 15 is 0 Å². The monoisotopic (exact) mass is 534 g/mol. The van der Waals surface area contributed by atoms with Crippen molar-refractivity contribution in [3.05, 3.63) is 106 Å². The van der Waals surface area contributed by atoms with Gasteiger partial charge in [0.25, 0.3) is 0 Å². The van der Waals surface area contributed by atoms with Crippen LogP contribution >= 0.6 is 0 Å². The molecule has 0 N–H and O–H groups in total. The van der Waals surface area contributed by atoms with Crippen LogP contribution in [0.3, 0.4) is 0 Å². The summed E-state index contributed by atoms with van der Waals surface area (Å²) in [7, 11) is 0. The molecule has 6 rings (SSSR count). The van der Waals surface area contributed by atoms with Gasteiger partial charge in [-0.05, 0) is 0 Å². The van der Waals surface area contributed by atoms with Crippen LogP contribution in [0.15, 0.2) is 83.9 Å². The maximum atomic E-state index is 2.60. The molecular weight excluding hydrogens is 507 g/mol. The SMILES string of the molecule is CC1=Cc2c(ccc3ccccc23)[CH]1[Ti+2]([CH]1C(C)=Cc2c1ccc1ccccc21)=[Si](C)C.[Cl-].[Cl-]. The van der Waals surface area contributed by atoms with Crippen molar-refractivity contribution >= 4 is 39.9 Å². The summed E-state index contributed by atoms with van der Waals surface area (Å²) >= 11 is -1.56. The van der Waals surface area contributed by atoms with Gasteiger partial charge in [0.15, 0.2) is 0 Å². The van der Waals surface area contributed by atoms with E-state index in [9.17, 15) is 0 Å². The smallest absolute Gasteiger partial charge is 1.00 e. The molecule has 0 fully saturated rings. The van der Waals surface area contributed by atoms with E-state index in [4.69, 9.17) is 0 Å². The molecule has 0 heterocycles. The van der Waals surface area contributed by atoms with Gasteiger partial charge in [-0.25, -0.2) is 0 Å². The number of fused-ring (bicyclic) bond motifs is 6. The van der Waals surface area contributed by atoms with Gasteiger partial charge in [-0.1, -0.05) is 0 Å². The van der Waals surface area contributed by atoms with Crippen LogP contribution in [0.5, 0.6) is 0 Å². The normalized spacial score (nSPS) is 17.6. The Labute approximate surface area is 221 Å². The minimum Gasteiger partial charge on any atom is -1.00 e. The molecular formula is C30H28Cl2SiTi. The molecule has 4 aromatic carbocycles. The predicted molar refractivity (Wildman–Crippen MR) is 138 cm³/mol. The summed E-state index contributed by atoms with van der Waals surface area (Å²) in [4.78, 5) is 0. The average Bonchev–Trinajstić information content (AvgIpc) is 3.31. The van der Waals surface area contributed by atoms with Crippen molar-refractivity contribution in [2.24, 2.45) is 0 Å². The van der Waals surface area contributed by atoms with E-state index in [0.717, 1.165) is 0 Å². The minimum atomic E-state index is -1.56. The van der Waals surface area contributed by atoms with E-state index in [-0.39, 0.29) is 24.8 Å². The van der Waals surface area contributed by atoms with Crippen LogP contribution in [0.2, 0.25) is 13.1 Å². The predicted octanol–water partition coefficient (Wildman–Crippen LogP) is 2.49. The Hall–Kier alpha value is -1.61. The molecule has 2 aliphatic carbocycles. The molecule has 0 saturated heterocycles. The third-order valence-electron chi connectivity index (χ3n) is 7.48. The first-order valence-corrected chi connectivity index (χ1v) is 18.3. The van der Waals surface area contributed by atoms with E-state index in [0.29, 0.717) is 8.45 Å². The van der Waals surface area contributed by atoms with Crippen molar-refractivity contribution in [1.82, 2.24) is 0 Å². The summed E-state index contributed by atoms with van der Waals surface area (Å²) in [6.07, 6.45) is 4.64. The van der Waals surface area contributed by atoms with E-state index in [1.54, 1.807) is 22.3 Å². The van der Waals surface area contributed by atoms with Gasteiger partial charge in [-0.2, -0.15) is 0 Å². The molecule has 170 valence electrons. The van der Waals surface area contributed by atoms with Crippen molar-refractivity contribution in [2.75, 3.05) is 0 Å². The molecule has 0 aromatic heterocycles. The molecule has 0 aliphatic heterocycles. The molecule has 0 spiro atoms. The maximum absolute atomic E-state index is 2.60. The summed E-state index contributed by atoms with van der Waals surface area (Å²) in [6.45, 7) is 10.0. The van der Waals surface area contributed by atoms with Crippen LogP contribution in [0, 0.1) is 0 Å². The van der Waals surface area contributed by atoms with Crippen molar-refractivity contribution in [3.63, 3.8) is 0 Å². The fraction of sp³-hybridized carbons (Fsp3) is 0.200. The van der Waals surface area contributed by atoms with Crippen LogP contribution in [0.4, 0.5) is 0 Å². The third-order valence-corrected chi connectivity index (χ3v) is 20.8. The number of hydrogen-bond acceptors (Lipinski definition) is 0. The van der Waals surface area contributed by atoms with Gasteiger partial charge in [0.1, 0.15) is 0 Å². The minimum absolute atomic E-state index is 0. The van der Waals surface area contributed by atoms with Crippen LogP contribution in [-0.2, 0) is 16.6 Å². The van der Waals surface area contributed by atoms with Crippen molar-refractivity contribution < 1.29 is 41.4 Å². The summed E-state index contributed by atoms with van der Waals surface area (Å²) in [5, 5.41) is 5.58. The zero-order valence-electron chi connectivity index (χ0n) is 20.0. The molecule has 4 heteroatoms. The molecule has 34 heavy (non-hydrogen) atoms. The van der Waals surface area contributed by atoms with E-state index in [1.807, 2.05) is 0 Å². The zero-order valence-corrected chi connectivity index (χ0v) is 24.1. The van der Waals surface area contributed by atoms with Crippen molar-refractivity contribution in [3.8, 4) is 0 Å². The molecule has 2 unspecified atom stereocenters. The standard InChI is InChI=1S/2C14H11.C2H6Si.2ClH.Ti/c2*1-10-8-12-7-6-11-4-2-3-5-13(11)14(12)9-10;1-3-2;;;/h2*2-9H,1H3;1-2H3;2*1H;/q;;;;;+2/p-2.